The fraction of sp³-hybridized carbons (Fsp3) is 0.750. The molecule has 8 heteroatoms. The van der Waals surface area contributed by atoms with Crippen molar-refractivity contribution in [1.29, 1.82) is 0 Å². The Labute approximate surface area is 118 Å². The molecule has 1 aromatic heterocycles. The highest BCUT2D eigenvalue weighted by molar-refractivity contribution is 5.45. The van der Waals surface area contributed by atoms with E-state index in [0.717, 1.165) is 51.2 Å². The molecular formula is C12H22N8. The number of piperazine rings is 1. The summed E-state index contributed by atoms with van der Waals surface area (Å²) in [7, 11) is 0. The van der Waals surface area contributed by atoms with Crippen molar-refractivity contribution in [2.24, 2.45) is 5.84 Å². The number of aromatic nitrogens is 3. The Morgan fingerprint density at radius 1 is 0.850 bits per heavy atom. The van der Waals surface area contributed by atoms with Crippen LogP contribution in [0.4, 0.5) is 17.8 Å². The average molecular weight is 278 g/mol. The van der Waals surface area contributed by atoms with Gasteiger partial charge in [0.1, 0.15) is 0 Å². The van der Waals surface area contributed by atoms with Crippen molar-refractivity contribution in [3.8, 4) is 0 Å². The van der Waals surface area contributed by atoms with Crippen molar-refractivity contribution in [2.75, 3.05) is 54.5 Å². The maximum atomic E-state index is 5.49. The highest BCUT2D eigenvalue weighted by Gasteiger charge is 2.19. The standard InChI is InChI=1S/C12H22N8/c13-18-10-15-11(19-6-2-1-3-7-19)17-12(16-10)20-8-4-14-5-9-20/h14H,1-9,13H2,(H,15,16,17,18). The van der Waals surface area contributed by atoms with Crippen molar-refractivity contribution < 1.29 is 0 Å². The minimum absolute atomic E-state index is 0.439. The third kappa shape index (κ3) is 2.91. The summed E-state index contributed by atoms with van der Waals surface area (Å²) >= 11 is 0. The predicted molar refractivity (Wildman–Crippen MR) is 78.8 cm³/mol. The number of hydrazine groups is 1. The Balaban J connectivity index is 1.85. The van der Waals surface area contributed by atoms with Crippen LogP contribution in [0, 0.1) is 0 Å². The van der Waals surface area contributed by atoms with Crippen LogP contribution in [0.3, 0.4) is 0 Å². The molecule has 3 heterocycles. The van der Waals surface area contributed by atoms with Crippen molar-refractivity contribution >= 4 is 17.8 Å². The molecule has 4 N–H and O–H groups in total. The summed E-state index contributed by atoms with van der Waals surface area (Å²) in [6, 6.07) is 0. The fourth-order valence-corrected chi connectivity index (χ4v) is 2.66. The van der Waals surface area contributed by atoms with Crippen LogP contribution in [0.25, 0.3) is 0 Å². The topological polar surface area (TPSA) is 95.2 Å². The molecule has 0 saturated carbocycles. The molecule has 2 fully saturated rings. The minimum Gasteiger partial charge on any atom is -0.341 e. The lowest BCUT2D eigenvalue weighted by molar-refractivity contribution is 0.561. The number of piperidine rings is 1. The van der Waals surface area contributed by atoms with Gasteiger partial charge in [-0.25, -0.2) is 5.84 Å². The normalized spacial score (nSPS) is 20.1. The SMILES string of the molecule is NNc1nc(N2CCCCC2)nc(N2CCNCC2)n1. The lowest BCUT2D eigenvalue weighted by atomic mass is 10.1. The second kappa shape index (κ2) is 6.19. The number of nitrogens with one attached hydrogen (secondary N) is 2. The monoisotopic (exact) mass is 278 g/mol. The van der Waals surface area contributed by atoms with E-state index in [0.29, 0.717) is 5.95 Å². The molecule has 0 amide bonds. The molecule has 0 spiro atoms. The van der Waals surface area contributed by atoms with Crippen LogP contribution in [0.15, 0.2) is 0 Å². The van der Waals surface area contributed by atoms with Crippen molar-refractivity contribution in [1.82, 2.24) is 20.3 Å². The summed E-state index contributed by atoms with van der Waals surface area (Å²) in [5, 5.41) is 3.33. The van der Waals surface area contributed by atoms with Crippen molar-refractivity contribution in [3.63, 3.8) is 0 Å². The fourth-order valence-electron chi connectivity index (χ4n) is 2.66. The second-order valence-corrected chi connectivity index (χ2v) is 5.19. The number of hydrogen-bond donors (Lipinski definition) is 3. The molecule has 1 aromatic rings. The van der Waals surface area contributed by atoms with Gasteiger partial charge in [-0.2, -0.15) is 15.0 Å². The molecule has 2 aliphatic rings. The van der Waals surface area contributed by atoms with Gasteiger partial charge in [0, 0.05) is 39.3 Å². The summed E-state index contributed by atoms with van der Waals surface area (Å²) in [5.41, 5.74) is 2.55. The van der Waals surface area contributed by atoms with Crippen LogP contribution < -0.4 is 26.4 Å². The number of hydrogen-bond acceptors (Lipinski definition) is 8. The lowest BCUT2D eigenvalue weighted by Crippen LogP contribution is -2.44. The first kappa shape index (κ1) is 13.3. The molecule has 20 heavy (non-hydrogen) atoms. The zero-order chi connectivity index (χ0) is 13.8. The van der Waals surface area contributed by atoms with E-state index in [1.165, 1.54) is 19.3 Å². The third-order valence-corrected chi connectivity index (χ3v) is 3.78. The Morgan fingerprint density at radius 2 is 1.45 bits per heavy atom. The van der Waals surface area contributed by atoms with E-state index in [-0.39, 0.29) is 0 Å². The van der Waals surface area contributed by atoms with Gasteiger partial charge in [-0.3, -0.25) is 5.43 Å². The molecule has 0 aromatic carbocycles. The van der Waals surface area contributed by atoms with Gasteiger partial charge < -0.3 is 15.1 Å². The molecule has 0 atom stereocenters. The van der Waals surface area contributed by atoms with E-state index in [1.807, 2.05) is 0 Å². The molecule has 0 bridgehead atoms. The van der Waals surface area contributed by atoms with Crippen LogP contribution in [0.5, 0.6) is 0 Å². The van der Waals surface area contributed by atoms with E-state index in [9.17, 15) is 0 Å². The number of nitrogens with zero attached hydrogens (tertiary/aromatic N) is 5. The molecule has 0 radical (unpaired) electrons. The van der Waals surface area contributed by atoms with Gasteiger partial charge >= 0.3 is 0 Å². The number of nitrogens with two attached hydrogens (primary N) is 1. The summed E-state index contributed by atoms with van der Waals surface area (Å²) in [6.07, 6.45) is 3.67. The van der Waals surface area contributed by atoms with Crippen molar-refractivity contribution in [2.45, 2.75) is 19.3 Å². The van der Waals surface area contributed by atoms with Gasteiger partial charge in [-0.05, 0) is 19.3 Å². The number of nitrogen functional groups attached to an aromatic ring is 1. The Morgan fingerprint density at radius 3 is 2.05 bits per heavy atom. The number of anilines is 3. The van der Waals surface area contributed by atoms with Crippen LogP contribution in [-0.4, -0.2) is 54.2 Å². The molecular weight excluding hydrogens is 256 g/mol. The summed E-state index contributed by atoms with van der Waals surface area (Å²) in [5.74, 6) is 7.39. The molecule has 0 aliphatic carbocycles. The zero-order valence-electron chi connectivity index (χ0n) is 11.7. The van der Waals surface area contributed by atoms with Crippen LogP contribution in [0.1, 0.15) is 19.3 Å². The zero-order valence-corrected chi connectivity index (χ0v) is 11.7. The van der Waals surface area contributed by atoms with Gasteiger partial charge in [0.2, 0.25) is 17.8 Å². The molecule has 8 nitrogen and oxygen atoms in total. The Kier molecular flexibility index (Phi) is 4.12. The minimum atomic E-state index is 0.439. The first-order valence-electron chi connectivity index (χ1n) is 7.30. The van der Waals surface area contributed by atoms with Gasteiger partial charge in [0.25, 0.3) is 0 Å². The Bertz CT molecular complexity index is 403. The highest BCUT2D eigenvalue weighted by Crippen LogP contribution is 2.20. The highest BCUT2D eigenvalue weighted by atomic mass is 15.4. The predicted octanol–water partition coefficient (Wildman–Crippen LogP) is -0.443. The molecule has 110 valence electrons. The van der Waals surface area contributed by atoms with Crippen LogP contribution in [-0.2, 0) is 0 Å². The molecule has 2 saturated heterocycles. The first-order valence-corrected chi connectivity index (χ1v) is 7.30. The third-order valence-electron chi connectivity index (χ3n) is 3.78. The molecule has 2 aliphatic heterocycles. The van der Waals surface area contributed by atoms with Gasteiger partial charge in [0.15, 0.2) is 0 Å². The van der Waals surface area contributed by atoms with E-state index < -0.39 is 0 Å². The maximum absolute atomic E-state index is 5.49. The largest absolute Gasteiger partial charge is 0.341 e. The smallest absolute Gasteiger partial charge is 0.243 e. The lowest BCUT2D eigenvalue weighted by Gasteiger charge is -2.30. The van der Waals surface area contributed by atoms with Gasteiger partial charge in [-0.1, -0.05) is 0 Å². The molecule has 3 rings (SSSR count). The summed E-state index contributed by atoms with van der Waals surface area (Å²) in [6.45, 7) is 5.75. The van der Waals surface area contributed by atoms with E-state index in [2.05, 4.69) is 35.5 Å². The van der Waals surface area contributed by atoms with Crippen molar-refractivity contribution in [3.05, 3.63) is 0 Å². The van der Waals surface area contributed by atoms with E-state index >= 15 is 0 Å². The van der Waals surface area contributed by atoms with Crippen LogP contribution in [0.2, 0.25) is 0 Å². The summed E-state index contributed by atoms with van der Waals surface area (Å²) in [4.78, 5) is 17.8. The van der Waals surface area contributed by atoms with Crippen LogP contribution >= 0.6 is 0 Å². The maximum Gasteiger partial charge on any atom is 0.243 e. The average Bonchev–Trinajstić information content (AvgIpc) is 2.56. The number of rotatable bonds is 3. The summed E-state index contributed by atoms with van der Waals surface area (Å²) < 4.78 is 0. The van der Waals surface area contributed by atoms with E-state index in [1.54, 1.807) is 0 Å². The first-order chi connectivity index (χ1) is 9.86. The van der Waals surface area contributed by atoms with E-state index in [4.69, 9.17) is 5.84 Å². The second-order valence-electron chi connectivity index (χ2n) is 5.19. The Hall–Kier alpha value is -1.67. The van der Waals surface area contributed by atoms with Gasteiger partial charge in [-0.15, -0.1) is 0 Å². The quantitative estimate of drug-likeness (QED) is 0.506. The molecule has 0 unspecified atom stereocenters. The van der Waals surface area contributed by atoms with Gasteiger partial charge in [0.05, 0.1) is 0 Å².